The number of nitrogens with zero attached hydrogens (tertiary/aromatic N) is 2. The minimum absolute atomic E-state index is 0.105. The molecule has 84 heavy (non-hydrogen) atoms. The molecule has 31 atom stereocenters. The fourth-order valence-corrected chi connectivity index (χ4v) is 10.5. The van der Waals surface area contributed by atoms with Crippen molar-refractivity contribution < 1.29 is 163 Å². The molecule has 22 aliphatic heterocycles. The lowest BCUT2D eigenvalue weighted by Crippen LogP contribution is -2.69. The number of hydrazone groups is 1. The van der Waals surface area contributed by atoms with Gasteiger partial charge in [0.1, 0.15) is 146 Å². The van der Waals surface area contributed by atoms with Crippen molar-refractivity contribution in [2.75, 3.05) is 46.2 Å². The van der Waals surface area contributed by atoms with Gasteiger partial charge in [-0.15, -0.1) is 5.17 Å². The minimum Gasteiger partial charge on any atom is -0.394 e. The van der Waals surface area contributed by atoms with Gasteiger partial charge in [0.05, 0.1) is 45.2 Å². The summed E-state index contributed by atoms with van der Waals surface area (Å²) < 4.78 is 69.6. The van der Waals surface area contributed by atoms with Crippen LogP contribution in [0.4, 0.5) is 0 Å². The van der Waals surface area contributed by atoms with Crippen LogP contribution < -0.4 is 11.2 Å². The molecular weight excluding hydrogens is 1150 g/mol. The lowest BCUT2D eigenvalue weighted by molar-refractivity contribution is -0.405. The number of rotatable bonds is 16. The number of isocyanates is 1. The van der Waals surface area contributed by atoms with Crippen LogP contribution in [0.5, 0.6) is 0 Å². The van der Waals surface area contributed by atoms with Crippen molar-refractivity contribution in [2.45, 2.75) is 236 Å². The summed E-state index contributed by atoms with van der Waals surface area (Å²) in [6, 6.07) is -1.51. The van der Waals surface area contributed by atoms with E-state index in [-0.39, 0.29) is 19.4 Å². The molecule has 0 aromatic heterocycles. The van der Waals surface area contributed by atoms with E-state index in [1.54, 1.807) is 20.8 Å². The molecule has 0 spiro atoms. The molecule has 22 fully saturated rings. The minimum atomic E-state index is -2.31. The van der Waals surface area contributed by atoms with E-state index in [1.807, 2.05) is 0 Å². The maximum absolute atomic E-state index is 14.2. The molecule has 22 aliphatic rings. The van der Waals surface area contributed by atoms with E-state index in [9.17, 15) is 96.4 Å². The molecule has 22 heterocycles. The summed E-state index contributed by atoms with van der Waals surface area (Å²) in [5.74, 6) is -1.11. The first-order chi connectivity index (χ1) is 39.9. The first-order valence-electron chi connectivity index (χ1n) is 27.1. The maximum Gasteiger partial charge on any atom is 0.270 e. The molecule has 22 rings (SSSR count). The fraction of sp³-hybridized carbons (Fsp3) is 0.957. The first kappa shape index (κ1) is 68.9. The highest BCUT2D eigenvalue weighted by molar-refractivity contribution is 5.80. The lowest BCUT2D eigenvalue weighted by atomic mass is 9.94. The maximum atomic E-state index is 14.2. The number of carbonyl (C=O) groups excluding carboxylic acids is 2. The van der Waals surface area contributed by atoms with Gasteiger partial charge in [-0.25, -0.2) is 15.1 Å². The third kappa shape index (κ3) is 15.2. The second-order valence-corrected chi connectivity index (χ2v) is 21.9. The Bertz CT molecular complexity index is 2080. The first-order valence-corrected chi connectivity index (χ1v) is 27.1. The quantitative estimate of drug-likeness (QED) is 0.0295. The summed E-state index contributed by atoms with van der Waals surface area (Å²) >= 11 is 0. The molecule has 486 valence electrons. The Morgan fingerprint density at radius 2 is 0.762 bits per heavy atom. The SMILES string of the molecule is CC(C)(C)ON(N=C=O)C(CCCCN)C(=O)NO[C@@H]1[C@@H](O)[C@H]2O[C@H]3[C@H](O)[C@@H](O)[C@@H](O[C@H]4[C@H](O)[C@@H](O)[C@@H](O[C@H]5[C@H](O)[C@@H](O)[C@@H](O[C@H]6[C@H](O)[C@@H](O)[C@@H](O[C@H]7[C@H](O)[C@@H](O)[C@@H](O[C@H]1[C@@H](CO)O2)O[C@@H]7CO)O[C@@H]6CO)O[C@@H]5CO)O[C@@H]4CO)O[C@@H]3CO. The zero-order valence-corrected chi connectivity index (χ0v) is 45.6. The molecule has 0 aromatic carbocycles. The van der Waals surface area contributed by atoms with Gasteiger partial charge < -0.3 is 149 Å². The van der Waals surface area contributed by atoms with E-state index in [0.717, 1.165) is 0 Å². The third-order valence-electron chi connectivity index (χ3n) is 14.9. The average Bonchev–Trinajstić information content (AvgIpc) is 1.66. The van der Waals surface area contributed by atoms with Crippen molar-refractivity contribution in [1.29, 1.82) is 0 Å². The van der Waals surface area contributed by atoms with E-state index in [1.165, 1.54) is 6.08 Å². The van der Waals surface area contributed by atoms with Crippen molar-refractivity contribution in [2.24, 2.45) is 10.8 Å². The molecule has 12 bridgehead atoms. The van der Waals surface area contributed by atoms with Crippen LogP contribution >= 0.6 is 0 Å². The van der Waals surface area contributed by atoms with Gasteiger partial charge in [-0.2, -0.15) is 0 Å². The van der Waals surface area contributed by atoms with Crippen LogP contribution in [0.2, 0.25) is 0 Å². The van der Waals surface area contributed by atoms with Crippen LogP contribution in [0.25, 0.3) is 0 Å². The van der Waals surface area contributed by atoms with Crippen LogP contribution in [-0.2, 0) is 76.1 Å². The number of nitrogens with one attached hydrogen (secondary N) is 1. The van der Waals surface area contributed by atoms with Crippen LogP contribution in [0, 0.1) is 0 Å². The second-order valence-electron chi connectivity index (χ2n) is 21.9. The smallest absolute Gasteiger partial charge is 0.270 e. The van der Waals surface area contributed by atoms with Crippen molar-refractivity contribution in [3.05, 3.63) is 0 Å². The normalized spacial score (nSPS) is 46.4. The van der Waals surface area contributed by atoms with Gasteiger partial charge in [0.2, 0.25) is 0 Å². The third-order valence-corrected chi connectivity index (χ3v) is 14.9. The molecule has 1 amide bonds. The molecule has 0 aromatic rings. The Morgan fingerprint density at radius 1 is 0.476 bits per heavy atom. The van der Waals surface area contributed by atoms with Gasteiger partial charge in [-0.05, 0) is 46.6 Å². The number of hydroxylamine groups is 2. The zero-order valence-electron chi connectivity index (χ0n) is 45.6. The highest BCUT2D eigenvalue weighted by Crippen LogP contribution is 2.39. The van der Waals surface area contributed by atoms with Gasteiger partial charge in [0.15, 0.2) is 43.8 Å². The fourth-order valence-electron chi connectivity index (χ4n) is 10.5. The largest absolute Gasteiger partial charge is 0.394 e. The van der Waals surface area contributed by atoms with E-state index < -0.39 is 241 Å². The van der Waals surface area contributed by atoms with E-state index in [2.05, 4.69) is 10.6 Å². The summed E-state index contributed by atoms with van der Waals surface area (Å²) in [5, 5.41) is 194. The molecule has 1 unspecified atom stereocenters. The summed E-state index contributed by atoms with van der Waals surface area (Å²) in [7, 11) is 0. The molecule has 20 N–H and O–H groups in total. The number of hydrogen-bond donors (Lipinski definition) is 19. The van der Waals surface area contributed by atoms with E-state index >= 15 is 0 Å². The number of unbranched alkanes of at least 4 members (excludes halogenated alkanes) is 1. The second kappa shape index (κ2) is 30.3. The molecule has 22 saturated heterocycles. The van der Waals surface area contributed by atoms with E-state index in [0.29, 0.717) is 11.6 Å². The predicted molar refractivity (Wildman–Crippen MR) is 260 cm³/mol. The summed E-state index contributed by atoms with van der Waals surface area (Å²) in [6.07, 6.45) is -59.5. The highest BCUT2D eigenvalue weighted by Gasteiger charge is 2.59. The highest BCUT2D eigenvalue weighted by atomic mass is 16.8. The number of hydrogen-bond acceptors (Lipinski definition) is 36. The Hall–Kier alpha value is -2.63. The monoisotopic (exact) mass is 1230 g/mol. The predicted octanol–water partition coefficient (Wildman–Crippen LogP) is -12.2. The topological polar surface area (TPSA) is 561 Å². The number of ether oxygens (including phenoxy) is 12. The number of aliphatic hydroxyl groups is 17. The summed E-state index contributed by atoms with van der Waals surface area (Å²) in [4.78, 5) is 37.3. The zero-order chi connectivity index (χ0) is 61.6. The Labute approximate surface area is 477 Å². The Kier molecular flexibility index (Phi) is 24.8. The van der Waals surface area contributed by atoms with Gasteiger partial charge in [-0.3, -0.25) is 9.63 Å². The lowest BCUT2D eigenvalue weighted by Gasteiger charge is -2.51. The van der Waals surface area contributed by atoms with Gasteiger partial charge in [-0.1, -0.05) is 5.10 Å². The van der Waals surface area contributed by atoms with E-state index in [4.69, 9.17) is 72.3 Å². The van der Waals surface area contributed by atoms with Crippen molar-refractivity contribution >= 4 is 12.0 Å². The molecule has 0 radical (unpaired) electrons. The Balaban J connectivity index is 1.24. The standard InChI is InChI=1S/C47H80N4O33/c1-47(2,3)84-51(49-14-58)15(6-4-5-7-48)40(70)50-83-39-32(69)46-76-21(13-57)38(39)82-45-31(68)26(63)36(19(11-55)75-45)80-43-29(66)24(61)34(17(9-53)73-43)78-41-27(64)22(59)33(16(8-52)71-41)77-42-28(65)23(60)35(18(10-54)72-42)79-44-30(67)25(62)37(81-46)20(12-56)74-44/h15-39,41-46,52-57,59-69H,4-13,48H2,1-3H3,(H,50,70)/t15?,16-,17-,18-,19-,20-,21-,22-,23-,24-,25-,26-,27-,28-,29-,30-,31-,32-,33-,34-,35-,36-,37-,38+,39-,41-,42-,43-,44-,45-,46-/m1/s1. The molecule has 0 aliphatic carbocycles. The van der Waals surface area contributed by atoms with Crippen LogP contribution in [0.1, 0.15) is 40.0 Å². The molecular formula is C47H80N4O33. The van der Waals surface area contributed by atoms with Gasteiger partial charge in [0, 0.05) is 0 Å². The number of amides is 1. The molecule has 0 saturated carbocycles. The molecule has 37 heteroatoms. The van der Waals surface area contributed by atoms with Crippen molar-refractivity contribution in [1.82, 2.24) is 10.7 Å². The van der Waals surface area contributed by atoms with Crippen LogP contribution in [0.3, 0.4) is 0 Å². The summed E-state index contributed by atoms with van der Waals surface area (Å²) in [5.41, 5.74) is 6.74. The van der Waals surface area contributed by atoms with Crippen LogP contribution in [0.15, 0.2) is 5.10 Å². The number of carbonyl (C=O) groups is 1. The van der Waals surface area contributed by atoms with Gasteiger partial charge >= 0.3 is 0 Å². The Morgan fingerprint density at radius 3 is 1.04 bits per heavy atom. The van der Waals surface area contributed by atoms with Crippen LogP contribution in [-0.4, -0.2) is 346 Å². The van der Waals surface area contributed by atoms with Crippen molar-refractivity contribution in [3.63, 3.8) is 0 Å². The van der Waals surface area contributed by atoms with Gasteiger partial charge in [0.25, 0.3) is 12.0 Å². The molecule has 37 nitrogen and oxygen atoms in total. The number of aliphatic hydroxyl groups excluding tert-OH is 17. The average molecular weight is 1230 g/mol. The summed E-state index contributed by atoms with van der Waals surface area (Å²) in [6.45, 7) is -1.53. The van der Waals surface area contributed by atoms with Crippen molar-refractivity contribution in [3.8, 4) is 0 Å². The number of nitrogens with two attached hydrogens (primary N) is 1.